The predicted molar refractivity (Wildman–Crippen MR) is 118 cm³/mol. The molecule has 0 atom stereocenters. The van der Waals surface area contributed by atoms with Crippen molar-refractivity contribution in [3.8, 4) is 0 Å². The van der Waals surface area contributed by atoms with E-state index in [4.69, 9.17) is 0 Å². The first-order chi connectivity index (χ1) is 13.2. The number of rotatable bonds is 5. The van der Waals surface area contributed by atoms with Gasteiger partial charge in [0.1, 0.15) is 18.2 Å². The van der Waals surface area contributed by atoms with Gasteiger partial charge in [-0.25, -0.2) is 13.8 Å². The van der Waals surface area contributed by atoms with Gasteiger partial charge in [-0.15, -0.1) is 24.0 Å². The molecule has 0 saturated heterocycles. The Hall–Kier alpha value is -1.98. The number of likely N-dealkylation sites (N-methyl/N-ethyl adjacent to an activating group) is 1. The third-order valence-corrected chi connectivity index (χ3v) is 4.26. The predicted octanol–water partition coefficient (Wildman–Crippen LogP) is 1.50. The number of carbonyl (C=O) groups is 2. The second kappa shape index (κ2) is 11.3. The minimum atomic E-state index is -0.636. The van der Waals surface area contributed by atoms with E-state index < -0.39 is 11.6 Å². The van der Waals surface area contributed by atoms with Crippen LogP contribution in [0.15, 0.2) is 17.1 Å². The van der Waals surface area contributed by atoms with Crippen molar-refractivity contribution in [2.24, 2.45) is 4.99 Å². The zero-order valence-corrected chi connectivity index (χ0v) is 19.4. The number of benzene rings is 1. The van der Waals surface area contributed by atoms with Gasteiger partial charge in [0.15, 0.2) is 5.96 Å². The lowest BCUT2D eigenvalue weighted by Gasteiger charge is -2.32. The summed E-state index contributed by atoms with van der Waals surface area (Å²) in [5, 5.41) is 5.70. The fraction of sp³-hybridized carbons (Fsp3) is 0.526. The molecule has 7 nitrogen and oxygen atoms in total. The Balaban J connectivity index is 0.00000420. The average Bonchev–Trinajstić information content (AvgIpc) is 2.60. The van der Waals surface area contributed by atoms with Gasteiger partial charge < -0.3 is 20.4 Å². The van der Waals surface area contributed by atoms with E-state index in [1.165, 1.54) is 11.0 Å². The summed E-state index contributed by atoms with van der Waals surface area (Å²) in [7, 11) is 3.28. The van der Waals surface area contributed by atoms with Crippen LogP contribution in [0.25, 0.3) is 0 Å². The van der Waals surface area contributed by atoms with Crippen molar-refractivity contribution in [3.63, 3.8) is 0 Å². The Bertz CT molecular complexity index is 771. The van der Waals surface area contributed by atoms with Crippen LogP contribution in [0, 0.1) is 11.6 Å². The van der Waals surface area contributed by atoms with Gasteiger partial charge in [-0.1, -0.05) is 0 Å². The topological polar surface area (TPSA) is 77.0 Å². The summed E-state index contributed by atoms with van der Waals surface area (Å²) in [5.41, 5.74) is 1.02. The molecule has 162 valence electrons. The molecule has 0 saturated carbocycles. The number of fused-ring (bicyclic) bond motifs is 1. The summed E-state index contributed by atoms with van der Waals surface area (Å²) in [6, 6.07) is 2.18. The van der Waals surface area contributed by atoms with Crippen LogP contribution < -0.4 is 10.6 Å². The smallest absolute Gasteiger partial charge is 0.242 e. The maximum absolute atomic E-state index is 14.0. The molecule has 1 aromatic carbocycles. The number of halogens is 3. The van der Waals surface area contributed by atoms with Crippen LogP contribution in [0.2, 0.25) is 0 Å². The van der Waals surface area contributed by atoms with Crippen molar-refractivity contribution in [3.05, 3.63) is 34.9 Å². The van der Waals surface area contributed by atoms with Gasteiger partial charge >= 0.3 is 0 Å². The lowest BCUT2D eigenvalue weighted by atomic mass is 9.99. The summed E-state index contributed by atoms with van der Waals surface area (Å²) in [4.78, 5) is 31.4. The number of carbonyl (C=O) groups excluding carboxylic acids is 2. The highest BCUT2D eigenvalue weighted by Crippen LogP contribution is 2.23. The van der Waals surface area contributed by atoms with Crippen LogP contribution in [0.1, 0.15) is 25.0 Å². The number of amides is 2. The van der Waals surface area contributed by atoms with Gasteiger partial charge in [0.2, 0.25) is 11.8 Å². The van der Waals surface area contributed by atoms with Crippen LogP contribution in [-0.4, -0.2) is 67.3 Å². The highest BCUT2D eigenvalue weighted by Gasteiger charge is 2.23. The number of hydrogen-bond acceptors (Lipinski definition) is 3. The third kappa shape index (κ3) is 7.41. The van der Waals surface area contributed by atoms with Crippen LogP contribution >= 0.6 is 24.0 Å². The molecule has 2 N–H and O–H groups in total. The van der Waals surface area contributed by atoms with Gasteiger partial charge in [-0.05, 0) is 37.5 Å². The lowest BCUT2D eigenvalue weighted by molar-refractivity contribution is -0.127. The summed E-state index contributed by atoms with van der Waals surface area (Å²) in [5.74, 6) is -1.25. The zero-order valence-electron chi connectivity index (χ0n) is 17.1. The molecule has 0 unspecified atom stereocenters. The number of nitrogens with zero attached hydrogens (tertiary/aromatic N) is 3. The van der Waals surface area contributed by atoms with Crippen molar-refractivity contribution >= 4 is 41.8 Å². The van der Waals surface area contributed by atoms with E-state index in [1.54, 1.807) is 19.0 Å². The quantitative estimate of drug-likeness (QED) is 0.349. The molecule has 2 amide bonds. The Kier molecular flexibility index (Phi) is 9.74. The van der Waals surface area contributed by atoms with E-state index in [9.17, 15) is 18.4 Å². The third-order valence-electron chi connectivity index (χ3n) is 4.26. The molecule has 1 heterocycles. The zero-order chi connectivity index (χ0) is 20.8. The molecule has 1 aromatic rings. The van der Waals surface area contributed by atoms with Gasteiger partial charge in [0, 0.05) is 39.3 Å². The molecular formula is C19H28F2IN5O2. The fourth-order valence-corrected chi connectivity index (χ4v) is 2.88. The molecule has 0 bridgehead atoms. The molecule has 0 fully saturated rings. The molecule has 0 aliphatic carbocycles. The Labute approximate surface area is 186 Å². The van der Waals surface area contributed by atoms with E-state index in [-0.39, 0.29) is 61.5 Å². The minimum Gasteiger partial charge on any atom is -0.352 e. The maximum atomic E-state index is 14.0. The van der Waals surface area contributed by atoms with E-state index in [0.29, 0.717) is 30.1 Å². The second-order valence-electron chi connectivity index (χ2n) is 7.20. The Morgan fingerprint density at radius 3 is 2.59 bits per heavy atom. The van der Waals surface area contributed by atoms with Gasteiger partial charge in [0.25, 0.3) is 0 Å². The molecule has 0 spiro atoms. The first-order valence-electron chi connectivity index (χ1n) is 9.17. The van der Waals surface area contributed by atoms with Crippen molar-refractivity contribution in [1.29, 1.82) is 0 Å². The molecule has 29 heavy (non-hydrogen) atoms. The SMILES string of the molecule is CC(C)NC(=O)CN=C(NCC(=O)N(C)C)N1CCc2c(F)cc(F)cc2C1.I. The summed E-state index contributed by atoms with van der Waals surface area (Å²) >= 11 is 0. The summed E-state index contributed by atoms with van der Waals surface area (Å²) < 4.78 is 27.6. The summed E-state index contributed by atoms with van der Waals surface area (Å²) in [6.45, 7) is 4.25. The number of aliphatic imine (C=N–C) groups is 1. The number of hydrogen-bond donors (Lipinski definition) is 2. The minimum absolute atomic E-state index is 0. The van der Waals surface area contributed by atoms with Crippen molar-refractivity contribution in [1.82, 2.24) is 20.4 Å². The maximum Gasteiger partial charge on any atom is 0.242 e. The molecule has 1 aliphatic heterocycles. The first kappa shape index (κ1) is 25.1. The van der Waals surface area contributed by atoms with Gasteiger partial charge in [-0.2, -0.15) is 0 Å². The molecule has 0 radical (unpaired) electrons. The van der Waals surface area contributed by atoms with E-state index >= 15 is 0 Å². The Morgan fingerprint density at radius 1 is 1.28 bits per heavy atom. The van der Waals surface area contributed by atoms with E-state index in [1.807, 2.05) is 13.8 Å². The van der Waals surface area contributed by atoms with E-state index in [0.717, 1.165) is 6.07 Å². The highest BCUT2D eigenvalue weighted by atomic mass is 127. The Morgan fingerprint density at radius 2 is 1.97 bits per heavy atom. The van der Waals surface area contributed by atoms with Crippen LogP contribution in [0.4, 0.5) is 8.78 Å². The van der Waals surface area contributed by atoms with Crippen molar-refractivity contribution < 1.29 is 18.4 Å². The first-order valence-corrected chi connectivity index (χ1v) is 9.17. The highest BCUT2D eigenvalue weighted by molar-refractivity contribution is 14.0. The monoisotopic (exact) mass is 523 g/mol. The van der Waals surface area contributed by atoms with Gasteiger partial charge in [0.05, 0.1) is 6.54 Å². The molecule has 1 aliphatic rings. The van der Waals surface area contributed by atoms with Crippen LogP contribution in [-0.2, 0) is 22.6 Å². The molecule has 10 heteroatoms. The summed E-state index contributed by atoms with van der Waals surface area (Å²) in [6.07, 6.45) is 0.377. The van der Waals surface area contributed by atoms with Crippen LogP contribution in [0.3, 0.4) is 0 Å². The normalized spacial score (nSPS) is 13.5. The standard InChI is InChI=1S/C19H27F2N5O2.HI/c1-12(2)24-17(27)9-22-19(23-10-18(28)25(3)4)26-6-5-15-13(11-26)7-14(20)8-16(15)21;/h7-8,12H,5-6,9-11H2,1-4H3,(H,22,23)(H,24,27);1H. The van der Waals surface area contributed by atoms with Crippen molar-refractivity contribution in [2.75, 3.05) is 33.7 Å². The molecule has 2 rings (SSSR count). The van der Waals surface area contributed by atoms with Gasteiger partial charge in [-0.3, -0.25) is 9.59 Å². The number of nitrogens with one attached hydrogen (secondary N) is 2. The largest absolute Gasteiger partial charge is 0.352 e. The fourth-order valence-electron chi connectivity index (χ4n) is 2.88. The van der Waals surface area contributed by atoms with E-state index in [2.05, 4.69) is 15.6 Å². The molecule has 0 aromatic heterocycles. The molecular weight excluding hydrogens is 495 g/mol. The lowest BCUT2D eigenvalue weighted by Crippen LogP contribution is -2.47. The number of guanidine groups is 1. The van der Waals surface area contributed by atoms with Crippen molar-refractivity contribution in [2.45, 2.75) is 32.9 Å². The van der Waals surface area contributed by atoms with Crippen LogP contribution in [0.5, 0.6) is 0 Å². The second-order valence-corrected chi connectivity index (χ2v) is 7.20. The average molecular weight is 523 g/mol.